The van der Waals surface area contributed by atoms with Crippen molar-refractivity contribution in [2.75, 3.05) is 20.4 Å². The first-order valence-corrected chi connectivity index (χ1v) is 8.94. The van der Waals surface area contributed by atoms with Gasteiger partial charge in [0, 0.05) is 0 Å². The molecule has 2 heterocycles. The summed E-state index contributed by atoms with van der Waals surface area (Å²) in [5, 5.41) is -0.523. The molecule has 1 fully saturated rings. The van der Waals surface area contributed by atoms with E-state index in [-0.39, 0.29) is 11.7 Å². The minimum atomic E-state index is -0.697. The molecule has 0 aliphatic carbocycles. The number of esters is 1. The van der Waals surface area contributed by atoms with Crippen molar-refractivity contribution in [2.24, 2.45) is 0 Å². The van der Waals surface area contributed by atoms with Crippen LogP contribution in [0.25, 0.3) is 6.08 Å². The second-order valence-electron chi connectivity index (χ2n) is 6.81. The predicted molar refractivity (Wildman–Crippen MR) is 97.6 cm³/mol. The number of carbonyl (C=O) groups excluding carboxylic acids is 3. The SMILES string of the molecule is COc1cc(C=C2SC(=O)N(CC(=O)OC(C)(C)C)C2=O)cc2c1OCO2. The lowest BCUT2D eigenvalue weighted by atomic mass is 10.1. The maximum absolute atomic E-state index is 12.5. The van der Waals surface area contributed by atoms with Crippen molar-refractivity contribution in [1.82, 2.24) is 4.90 Å². The van der Waals surface area contributed by atoms with Gasteiger partial charge in [-0.05, 0) is 56.3 Å². The van der Waals surface area contributed by atoms with E-state index in [4.69, 9.17) is 18.9 Å². The average Bonchev–Trinajstić information content (AvgIpc) is 3.13. The molecule has 2 aliphatic heterocycles. The summed E-state index contributed by atoms with van der Waals surface area (Å²) in [7, 11) is 1.50. The topological polar surface area (TPSA) is 91.4 Å². The zero-order valence-corrected chi connectivity index (χ0v) is 16.2. The van der Waals surface area contributed by atoms with Gasteiger partial charge in [0.2, 0.25) is 12.5 Å². The second-order valence-corrected chi connectivity index (χ2v) is 7.80. The molecule has 144 valence electrons. The molecule has 27 heavy (non-hydrogen) atoms. The highest BCUT2D eigenvalue weighted by Crippen LogP contribution is 2.43. The van der Waals surface area contributed by atoms with Crippen molar-refractivity contribution in [3.05, 3.63) is 22.6 Å². The van der Waals surface area contributed by atoms with Crippen molar-refractivity contribution in [1.29, 1.82) is 0 Å². The highest BCUT2D eigenvalue weighted by Gasteiger charge is 2.37. The number of imide groups is 1. The van der Waals surface area contributed by atoms with E-state index in [1.165, 1.54) is 7.11 Å². The summed E-state index contributed by atoms with van der Waals surface area (Å²) in [4.78, 5) is 37.7. The predicted octanol–water partition coefficient (Wildman–Crippen LogP) is 2.80. The van der Waals surface area contributed by atoms with E-state index in [2.05, 4.69) is 0 Å². The molecule has 0 saturated carbocycles. The van der Waals surface area contributed by atoms with Gasteiger partial charge in [-0.15, -0.1) is 0 Å². The van der Waals surface area contributed by atoms with Gasteiger partial charge in [-0.2, -0.15) is 0 Å². The highest BCUT2D eigenvalue weighted by atomic mass is 32.2. The number of hydrogen-bond donors (Lipinski definition) is 0. The first-order chi connectivity index (χ1) is 12.7. The number of benzene rings is 1. The van der Waals surface area contributed by atoms with Crippen LogP contribution in [0, 0.1) is 0 Å². The third-order valence-corrected chi connectivity index (χ3v) is 4.47. The summed E-state index contributed by atoms with van der Waals surface area (Å²) >= 11 is 0.761. The standard InChI is InChI=1S/C18H19NO7S/c1-18(2,3)26-14(20)8-19-16(21)13(27-17(19)22)7-10-5-11(23-4)15-12(6-10)24-9-25-15/h5-7H,8-9H2,1-4H3. The summed E-state index contributed by atoms with van der Waals surface area (Å²) < 4.78 is 21.1. The van der Waals surface area contributed by atoms with Gasteiger partial charge >= 0.3 is 5.97 Å². The number of ether oxygens (including phenoxy) is 4. The third kappa shape index (κ3) is 4.19. The molecule has 0 bridgehead atoms. The fourth-order valence-electron chi connectivity index (χ4n) is 2.52. The van der Waals surface area contributed by atoms with Gasteiger partial charge in [-0.25, -0.2) is 0 Å². The van der Waals surface area contributed by atoms with Crippen molar-refractivity contribution in [3.8, 4) is 17.2 Å². The number of rotatable bonds is 4. The lowest BCUT2D eigenvalue weighted by Gasteiger charge is -2.21. The highest BCUT2D eigenvalue weighted by molar-refractivity contribution is 8.18. The molecular weight excluding hydrogens is 374 g/mol. The molecule has 8 nitrogen and oxygen atoms in total. The third-order valence-electron chi connectivity index (χ3n) is 3.56. The molecule has 0 N–H and O–H groups in total. The molecule has 1 aromatic carbocycles. The molecule has 2 aliphatic rings. The Kier molecular flexibility index (Phi) is 5.05. The number of hydrogen-bond acceptors (Lipinski definition) is 8. The molecule has 0 atom stereocenters. The maximum Gasteiger partial charge on any atom is 0.326 e. The molecule has 3 rings (SSSR count). The van der Waals surface area contributed by atoms with Gasteiger partial charge < -0.3 is 18.9 Å². The number of fused-ring (bicyclic) bond motifs is 1. The summed E-state index contributed by atoms with van der Waals surface area (Å²) in [6.07, 6.45) is 1.55. The Balaban J connectivity index is 1.80. The number of methoxy groups -OCH3 is 1. The molecule has 0 aromatic heterocycles. The lowest BCUT2D eigenvalue weighted by molar-refractivity contribution is -0.156. The van der Waals surface area contributed by atoms with E-state index in [1.807, 2.05) is 0 Å². The van der Waals surface area contributed by atoms with Crippen LogP contribution in [0.3, 0.4) is 0 Å². The van der Waals surface area contributed by atoms with Gasteiger partial charge in [0.05, 0.1) is 12.0 Å². The quantitative estimate of drug-likeness (QED) is 0.570. The zero-order valence-electron chi connectivity index (χ0n) is 15.4. The molecule has 0 unspecified atom stereocenters. The minimum Gasteiger partial charge on any atom is -0.493 e. The summed E-state index contributed by atoms with van der Waals surface area (Å²) in [6.45, 7) is 4.80. The number of nitrogens with zero attached hydrogens (tertiary/aromatic N) is 1. The molecule has 1 saturated heterocycles. The summed E-state index contributed by atoms with van der Waals surface area (Å²) in [5.74, 6) is 0.258. The van der Waals surface area contributed by atoms with Crippen LogP contribution in [0.1, 0.15) is 26.3 Å². The van der Waals surface area contributed by atoms with Gasteiger partial charge in [0.1, 0.15) is 12.1 Å². The second kappa shape index (κ2) is 7.15. The Labute approximate surface area is 160 Å². The normalized spacial score (nSPS) is 17.6. The van der Waals surface area contributed by atoms with Gasteiger partial charge in [0.25, 0.3) is 11.1 Å². The van der Waals surface area contributed by atoms with Crippen LogP contribution in [-0.2, 0) is 14.3 Å². The molecule has 0 spiro atoms. The summed E-state index contributed by atoms with van der Waals surface area (Å²) in [6, 6.07) is 3.36. The Morgan fingerprint density at radius 1 is 1.30 bits per heavy atom. The van der Waals surface area contributed by atoms with Gasteiger partial charge in [0.15, 0.2) is 11.5 Å². The average molecular weight is 393 g/mol. The van der Waals surface area contributed by atoms with Crippen molar-refractivity contribution < 1.29 is 33.3 Å². The van der Waals surface area contributed by atoms with Crippen molar-refractivity contribution in [3.63, 3.8) is 0 Å². The van der Waals surface area contributed by atoms with E-state index in [0.29, 0.717) is 22.8 Å². The zero-order chi connectivity index (χ0) is 19.8. The molecule has 2 amide bonds. The smallest absolute Gasteiger partial charge is 0.326 e. The van der Waals surface area contributed by atoms with Crippen molar-refractivity contribution >= 4 is 35.0 Å². The number of carbonyl (C=O) groups is 3. The van der Waals surface area contributed by atoms with Crippen molar-refractivity contribution in [2.45, 2.75) is 26.4 Å². The number of amides is 2. The van der Waals surface area contributed by atoms with E-state index in [0.717, 1.165) is 16.7 Å². The number of thioether (sulfide) groups is 1. The Hall–Kier alpha value is -2.68. The van der Waals surface area contributed by atoms with Crippen LogP contribution >= 0.6 is 11.8 Å². The van der Waals surface area contributed by atoms with Crippen LogP contribution in [0.2, 0.25) is 0 Å². The first-order valence-electron chi connectivity index (χ1n) is 8.13. The molecule has 1 aromatic rings. The van der Waals surface area contributed by atoms with Gasteiger partial charge in [-0.3, -0.25) is 19.3 Å². The van der Waals surface area contributed by atoms with Gasteiger partial charge in [-0.1, -0.05) is 0 Å². The Bertz CT molecular complexity index is 841. The van der Waals surface area contributed by atoms with E-state index in [9.17, 15) is 14.4 Å². The first kappa shape index (κ1) is 19.1. The Morgan fingerprint density at radius 3 is 2.70 bits per heavy atom. The molecule has 0 radical (unpaired) electrons. The van der Waals surface area contributed by atoms with E-state index >= 15 is 0 Å². The van der Waals surface area contributed by atoms with E-state index in [1.54, 1.807) is 39.0 Å². The monoisotopic (exact) mass is 393 g/mol. The van der Waals surface area contributed by atoms with Crippen LogP contribution in [-0.4, -0.2) is 48.1 Å². The van der Waals surface area contributed by atoms with Crippen LogP contribution < -0.4 is 14.2 Å². The van der Waals surface area contributed by atoms with Crippen LogP contribution in [0.5, 0.6) is 17.2 Å². The van der Waals surface area contributed by atoms with E-state index < -0.39 is 29.3 Å². The van der Waals surface area contributed by atoms with Crippen LogP contribution in [0.15, 0.2) is 17.0 Å². The largest absolute Gasteiger partial charge is 0.493 e. The summed E-state index contributed by atoms with van der Waals surface area (Å²) in [5.41, 5.74) is -0.0866. The Morgan fingerprint density at radius 2 is 2.04 bits per heavy atom. The molecule has 9 heteroatoms. The lowest BCUT2D eigenvalue weighted by Crippen LogP contribution is -2.37. The fraction of sp³-hybridized carbons (Fsp3) is 0.389. The molecular formula is C18H19NO7S. The van der Waals surface area contributed by atoms with Crippen LogP contribution in [0.4, 0.5) is 4.79 Å². The maximum atomic E-state index is 12.5. The fourth-order valence-corrected chi connectivity index (χ4v) is 3.36. The minimum absolute atomic E-state index is 0.0849.